The molecule has 46 heavy (non-hydrogen) atoms. The largest absolute Gasteiger partial charge is 0.481 e. The van der Waals surface area contributed by atoms with E-state index >= 15 is 0 Å². The Labute approximate surface area is 272 Å². The van der Waals surface area contributed by atoms with Gasteiger partial charge in [0.05, 0.1) is 23.5 Å². The molecule has 0 aromatic rings. The zero-order valence-corrected chi connectivity index (χ0v) is 28.3. The third-order valence-electron chi connectivity index (χ3n) is 15.3. The Morgan fingerprint density at radius 3 is 2.20 bits per heavy atom. The number of hydrogen-bond donors (Lipinski definition) is 6. The minimum atomic E-state index is -1.51. The molecule has 0 aromatic heterocycles. The molecule has 1 heterocycles. The van der Waals surface area contributed by atoms with Crippen molar-refractivity contribution < 1.29 is 49.7 Å². The lowest BCUT2D eigenvalue weighted by atomic mass is 9.33. The van der Waals surface area contributed by atoms with E-state index in [-0.39, 0.29) is 35.2 Å². The van der Waals surface area contributed by atoms with Crippen LogP contribution in [0.25, 0.3) is 0 Å². The van der Waals surface area contributed by atoms with E-state index in [1.165, 1.54) is 0 Å². The molecule has 1 saturated heterocycles. The second-order valence-electron chi connectivity index (χ2n) is 17.2. The lowest BCUT2D eigenvalue weighted by Crippen LogP contribution is -2.68. The molecule has 6 N–H and O–H groups in total. The van der Waals surface area contributed by atoms with Crippen molar-refractivity contribution in [2.24, 2.45) is 56.7 Å². The van der Waals surface area contributed by atoms with Crippen molar-refractivity contribution in [1.29, 1.82) is 0 Å². The molecule has 0 bridgehead atoms. The number of aliphatic carboxylic acids is 2. The smallest absolute Gasteiger partial charge is 0.314 e. The molecule has 5 aliphatic carbocycles. The van der Waals surface area contributed by atoms with Crippen LogP contribution in [0.4, 0.5) is 0 Å². The number of aliphatic hydroxyl groups excluding tert-OH is 4. The minimum absolute atomic E-state index is 0.0692. The fourth-order valence-electron chi connectivity index (χ4n) is 12.6. The number of rotatable bonds is 5. The average Bonchev–Trinajstić information content (AvgIpc) is 2.99. The van der Waals surface area contributed by atoms with Gasteiger partial charge in [0, 0.05) is 0 Å². The van der Waals surface area contributed by atoms with Crippen molar-refractivity contribution in [3.05, 3.63) is 11.6 Å². The van der Waals surface area contributed by atoms with Crippen molar-refractivity contribution in [2.75, 3.05) is 6.61 Å². The van der Waals surface area contributed by atoms with Crippen LogP contribution in [-0.2, 0) is 19.1 Å². The summed E-state index contributed by atoms with van der Waals surface area (Å²) < 4.78 is 12.1. The first-order valence-corrected chi connectivity index (χ1v) is 17.6. The molecule has 6 aliphatic rings. The van der Waals surface area contributed by atoms with Crippen LogP contribution in [-0.4, -0.2) is 86.0 Å². The summed E-state index contributed by atoms with van der Waals surface area (Å²) in [6, 6.07) is 0. The van der Waals surface area contributed by atoms with E-state index in [1.54, 1.807) is 0 Å². The van der Waals surface area contributed by atoms with Crippen LogP contribution in [0.2, 0.25) is 0 Å². The second kappa shape index (κ2) is 11.2. The van der Waals surface area contributed by atoms with Gasteiger partial charge >= 0.3 is 11.9 Å². The molecule has 4 saturated carbocycles. The molecule has 0 spiro atoms. The highest BCUT2D eigenvalue weighted by Crippen LogP contribution is 2.76. The van der Waals surface area contributed by atoms with Gasteiger partial charge in [-0.1, -0.05) is 53.2 Å². The summed E-state index contributed by atoms with van der Waals surface area (Å²) in [4.78, 5) is 26.8. The van der Waals surface area contributed by atoms with E-state index < -0.39 is 70.9 Å². The van der Waals surface area contributed by atoms with Gasteiger partial charge in [-0.05, 0) is 104 Å². The Morgan fingerprint density at radius 2 is 1.57 bits per heavy atom. The molecule has 1 aliphatic heterocycles. The van der Waals surface area contributed by atoms with Crippen molar-refractivity contribution in [2.45, 2.75) is 136 Å². The first-order valence-electron chi connectivity index (χ1n) is 17.6. The van der Waals surface area contributed by atoms with Crippen LogP contribution in [0.15, 0.2) is 11.6 Å². The van der Waals surface area contributed by atoms with E-state index in [0.29, 0.717) is 38.0 Å². The van der Waals surface area contributed by atoms with Gasteiger partial charge in [0.15, 0.2) is 6.29 Å². The first-order chi connectivity index (χ1) is 21.4. The third-order valence-corrected chi connectivity index (χ3v) is 15.3. The fourth-order valence-corrected chi connectivity index (χ4v) is 12.6. The van der Waals surface area contributed by atoms with E-state index in [0.717, 1.165) is 31.3 Å². The van der Waals surface area contributed by atoms with Crippen LogP contribution in [0.5, 0.6) is 0 Å². The van der Waals surface area contributed by atoms with Crippen LogP contribution in [0, 0.1) is 56.7 Å². The standard InChI is InChI=1S/C36H56O10/c1-18-9-14-35(30(41)42)15-16-36(31(43)44)20(25(35)19(18)2)7-8-23-33(5)12-11-24(32(3,4)22(33)10-13-34(23,36)6)46-29-28(40)27(39)26(38)21(17-37)45-29/h7,18-19,21-29,37-40H,8-17H2,1-6H3,(H,41,42)(H,43,44)/t18?,19?,21-,22?,23?,24+,25?,26-,27+,28-,29+,33+,34-,35+,36-/m0/s1. The van der Waals surface area contributed by atoms with Crippen molar-refractivity contribution in [3.63, 3.8) is 0 Å². The molecule has 260 valence electrons. The number of allylic oxidation sites excluding steroid dienone is 1. The van der Waals surface area contributed by atoms with Crippen LogP contribution in [0.3, 0.4) is 0 Å². The number of carboxylic acids is 2. The van der Waals surface area contributed by atoms with Crippen molar-refractivity contribution in [3.8, 4) is 0 Å². The molecule has 15 atom stereocenters. The maximum absolute atomic E-state index is 13.8. The lowest BCUT2D eigenvalue weighted by Gasteiger charge is -2.70. The van der Waals surface area contributed by atoms with Crippen LogP contribution in [0.1, 0.15) is 99.3 Å². The van der Waals surface area contributed by atoms with Gasteiger partial charge in [0.1, 0.15) is 24.4 Å². The quantitative estimate of drug-likeness (QED) is 0.189. The van der Waals surface area contributed by atoms with Gasteiger partial charge in [-0.3, -0.25) is 9.59 Å². The number of aliphatic hydroxyl groups is 4. The molecule has 0 radical (unpaired) electrons. The zero-order chi connectivity index (χ0) is 33.8. The number of carboxylic acid groups (broad SMARTS) is 2. The highest BCUT2D eigenvalue weighted by Gasteiger charge is 2.73. The highest BCUT2D eigenvalue weighted by molar-refractivity contribution is 5.84. The summed E-state index contributed by atoms with van der Waals surface area (Å²) in [6.45, 7) is 12.6. The minimum Gasteiger partial charge on any atom is -0.481 e. The molecule has 6 rings (SSSR count). The molecule has 5 unspecified atom stereocenters. The normalized spacial score (nSPS) is 53.1. The summed E-state index contributed by atoms with van der Waals surface area (Å²) >= 11 is 0. The average molecular weight is 649 g/mol. The molecular weight excluding hydrogens is 592 g/mol. The van der Waals surface area contributed by atoms with Gasteiger partial charge in [-0.25, -0.2) is 0 Å². The first kappa shape index (κ1) is 34.3. The third kappa shape index (κ3) is 4.35. The second-order valence-corrected chi connectivity index (χ2v) is 17.2. The number of ether oxygens (including phenoxy) is 2. The van der Waals surface area contributed by atoms with Gasteiger partial charge in [-0.15, -0.1) is 0 Å². The van der Waals surface area contributed by atoms with Crippen LogP contribution >= 0.6 is 0 Å². The Bertz CT molecular complexity index is 1260. The predicted octanol–water partition coefficient (Wildman–Crippen LogP) is 3.98. The summed E-state index contributed by atoms with van der Waals surface area (Å²) in [7, 11) is 0. The Hall–Kier alpha value is -1.56. The van der Waals surface area contributed by atoms with Gasteiger partial charge in [-0.2, -0.15) is 0 Å². The lowest BCUT2D eigenvalue weighted by molar-refractivity contribution is -0.330. The summed E-state index contributed by atoms with van der Waals surface area (Å²) in [6.07, 6.45) is 0.942. The Balaban J connectivity index is 1.34. The summed E-state index contributed by atoms with van der Waals surface area (Å²) in [5.74, 6) is -1.24. The molecule has 10 heteroatoms. The van der Waals surface area contributed by atoms with E-state index in [2.05, 4.69) is 47.6 Å². The van der Waals surface area contributed by atoms with Crippen LogP contribution < -0.4 is 0 Å². The zero-order valence-electron chi connectivity index (χ0n) is 28.3. The topological polar surface area (TPSA) is 174 Å². The maximum atomic E-state index is 13.8. The van der Waals surface area contributed by atoms with Gasteiger partial charge < -0.3 is 40.1 Å². The molecule has 0 amide bonds. The van der Waals surface area contributed by atoms with Crippen molar-refractivity contribution >= 4 is 11.9 Å². The van der Waals surface area contributed by atoms with Crippen molar-refractivity contribution in [1.82, 2.24) is 0 Å². The summed E-state index contributed by atoms with van der Waals surface area (Å²) in [5.41, 5.74) is -2.32. The molecular formula is C36H56O10. The fraction of sp³-hybridized carbons (Fsp3) is 0.889. The molecule has 10 nitrogen and oxygen atoms in total. The Morgan fingerprint density at radius 1 is 0.870 bits per heavy atom. The highest BCUT2D eigenvalue weighted by atomic mass is 16.7. The van der Waals surface area contributed by atoms with E-state index in [1.807, 2.05) is 0 Å². The number of hydrogen-bond acceptors (Lipinski definition) is 8. The molecule has 5 fully saturated rings. The van der Waals surface area contributed by atoms with Gasteiger partial charge in [0.2, 0.25) is 0 Å². The predicted molar refractivity (Wildman–Crippen MR) is 167 cm³/mol. The Kier molecular flexibility index (Phi) is 8.38. The monoisotopic (exact) mass is 648 g/mol. The number of carbonyl (C=O) groups is 2. The molecule has 0 aromatic carbocycles. The van der Waals surface area contributed by atoms with E-state index in [4.69, 9.17) is 9.47 Å². The summed E-state index contributed by atoms with van der Waals surface area (Å²) in [5, 5.41) is 63.0. The maximum Gasteiger partial charge on any atom is 0.314 e. The SMILES string of the molecule is CC1CC[C@@]2(C(=O)O)CC[C@@]3(C(=O)O)C(=CCC4[C@]5(C)CC[C@@H](O[C@H]6O[C@@H](CO)[C@H](O)[C@@H](O)[C@@H]6O)C(C)(C)C5CC[C@@]43C)C2C1C. The number of fused-ring (bicyclic) bond motifs is 7. The van der Waals surface area contributed by atoms with Gasteiger partial charge in [0.25, 0.3) is 0 Å². The van der Waals surface area contributed by atoms with E-state index in [9.17, 15) is 40.2 Å².